The number of aromatic amines is 1. The summed E-state index contributed by atoms with van der Waals surface area (Å²) in [6, 6.07) is 4.63. The number of rotatable bonds is 3. The molecule has 1 aliphatic rings. The summed E-state index contributed by atoms with van der Waals surface area (Å²) in [5.41, 5.74) is 0.947. The molecule has 0 unspecified atom stereocenters. The van der Waals surface area contributed by atoms with Crippen LogP contribution in [0.1, 0.15) is 21.8 Å². The van der Waals surface area contributed by atoms with Crippen LogP contribution in [-0.4, -0.2) is 45.2 Å². The number of nitrogens with zero attached hydrogens (tertiary/aromatic N) is 2. The van der Waals surface area contributed by atoms with Crippen molar-refractivity contribution in [2.24, 2.45) is 5.92 Å². The number of H-pyrrole nitrogens is 1. The number of aryl methyl sites for hydroxylation is 1. The summed E-state index contributed by atoms with van der Waals surface area (Å²) < 4.78 is 5.16. The second-order valence-corrected chi connectivity index (χ2v) is 5.62. The first-order valence-corrected chi connectivity index (χ1v) is 7.11. The maximum atomic E-state index is 12.4. The summed E-state index contributed by atoms with van der Waals surface area (Å²) in [5.74, 6) is 0.422. The van der Waals surface area contributed by atoms with Crippen LogP contribution in [0.5, 0.6) is 0 Å². The third-order valence-corrected chi connectivity index (χ3v) is 3.86. The van der Waals surface area contributed by atoms with E-state index in [9.17, 15) is 14.7 Å². The van der Waals surface area contributed by atoms with Gasteiger partial charge in [0.1, 0.15) is 5.76 Å². The number of likely N-dealkylation sites (tertiary alicyclic amines) is 1. The van der Waals surface area contributed by atoms with E-state index >= 15 is 0 Å². The van der Waals surface area contributed by atoms with Gasteiger partial charge >= 0.3 is 0 Å². The molecular formula is C15H17N3O4. The van der Waals surface area contributed by atoms with Gasteiger partial charge in [-0.1, -0.05) is 5.16 Å². The molecule has 7 nitrogen and oxygen atoms in total. The van der Waals surface area contributed by atoms with Gasteiger partial charge in [-0.3, -0.25) is 9.59 Å². The zero-order valence-corrected chi connectivity index (χ0v) is 12.2. The molecular weight excluding hydrogens is 286 g/mol. The SMILES string of the molecule is Cc1cc(C[C@@H]2CN(C(=O)c3ccc(=O)[nH]c3)C[C@H]2O)on1. The highest BCUT2D eigenvalue weighted by Gasteiger charge is 2.35. The molecule has 1 fully saturated rings. The Bertz CT molecular complexity index is 716. The van der Waals surface area contributed by atoms with Gasteiger partial charge in [0.25, 0.3) is 5.91 Å². The number of carbonyl (C=O) groups is 1. The van der Waals surface area contributed by atoms with E-state index in [0.717, 1.165) is 5.69 Å². The Morgan fingerprint density at radius 3 is 2.95 bits per heavy atom. The summed E-state index contributed by atoms with van der Waals surface area (Å²) in [5, 5.41) is 14.0. The van der Waals surface area contributed by atoms with Gasteiger partial charge in [-0.05, 0) is 13.0 Å². The Morgan fingerprint density at radius 2 is 2.32 bits per heavy atom. The first-order valence-electron chi connectivity index (χ1n) is 7.11. The van der Waals surface area contributed by atoms with E-state index in [0.29, 0.717) is 24.3 Å². The van der Waals surface area contributed by atoms with Crippen molar-refractivity contribution in [1.82, 2.24) is 15.0 Å². The third kappa shape index (κ3) is 2.94. The highest BCUT2D eigenvalue weighted by Crippen LogP contribution is 2.23. The lowest BCUT2D eigenvalue weighted by Gasteiger charge is -2.15. The topological polar surface area (TPSA) is 99.4 Å². The number of carbonyl (C=O) groups excluding carboxylic acids is 1. The Kier molecular flexibility index (Phi) is 3.81. The summed E-state index contributed by atoms with van der Waals surface area (Å²) in [6.45, 7) is 2.55. The summed E-state index contributed by atoms with van der Waals surface area (Å²) in [7, 11) is 0. The molecule has 0 radical (unpaired) electrons. The smallest absolute Gasteiger partial charge is 0.255 e. The molecule has 3 heterocycles. The van der Waals surface area contributed by atoms with E-state index in [1.807, 2.05) is 13.0 Å². The molecule has 3 rings (SSSR count). The standard InChI is InChI=1S/C15H17N3O4/c1-9-4-12(22-17-9)5-11-7-18(8-13(11)19)15(21)10-2-3-14(20)16-6-10/h2-4,6,11,13,19H,5,7-8H2,1H3,(H,16,20)/t11-,13-/m1/s1. The van der Waals surface area contributed by atoms with Gasteiger partial charge in [0.15, 0.2) is 0 Å². The number of hydrogen-bond acceptors (Lipinski definition) is 5. The van der Waals surface area contributed by atoms with Gasteiger partial charge in [-0.25, -0.2) is 0 Å². The molecule has 0 aromatic carbocycles. The van der Waals surface area contributed by atoms with Crippen LogP contribution in [0.4, 0.5) is 0 Å². The fraction of sp³-hybridized carbons (Fsp3) is 0.400. The van der Waals surface area contributed by atoms with Crippen molar-refractivity contribution in [1.29, 1.82) is 0 Å². The minimum Gasteiger partial charge on any atom is -0.391 e. The van der Waals surface area contributed by atoms with E-state index in [1.165, 1.54) is 18.3 Å². The van der Waals surface area contributed by atoms with Crippen molar-refractivity contribution in [3.8, 4) is 0 Å². The average molecular weight is 303 g/mol. The van der Waals surface area contributed by atoms with Crippen molar-refractivity contribution in [3.05, 3.63) is 51.8 Å². The molecule has 1 aliphatic heterocycles. The number of aromatic nitrogens is 2. The zero-order chi connectivity index (χ0) is 15.7. The van der Waals surface area contributed by atoms with Crippen LogP contribution in [0.15, 0.2) is 33.7 Å². The molecule has 1 amide bonds. The van der Waals surface area contributed by atoms with E-state index in [2.05, 4.69) is 10.1 Å². The fourth-order valence-corrected chi connectivity index (χ4v) is 2.72. The number of nitrogens with one attached hydrogen (secondary N) is 1. The monoisotopic (exact) mass is 303 g/mol. The molecule has 2 N–H and O–H groups in total. The van der Waals surface area contributed by atoms with Gasteiger partial charge in [0.05, 0.1) is 17.4 Å². The van der Waals surface area contributed by atoms with Crippen LogP contribution in [-0.2, 0) is 6.42 Å². The Labute approximate surface area is 126 Å². The predicted molar refractivity (Wildman–Crippen MR) is 77.4 cm³/mol. The molecule has 0 saturated carbocycles. The molecule has 22 heavy (non-hydrogen) atoms. The summed E-state index contributed by atoms with van der Waals surface area (Å²) in [4.78, 5) is 27.5. The number of pyridine rings is 1. The number of aliphatic hydroxyl groups is 1. The number of hydrogen-bond donors (Lipinski definition) is 2. The van der Waals surface area contributed by atoms with Crippen LogP contribution in [0.2, 0.25) is 0 Å². The third-order valence-electron chi connectivity index (χ3n) is 3.86. The van der Waals surface area contributed by atoms with Crippen LogP contribution < -0.4 is 5.56 Å². The molecule has 2 atom stereocenters. The van der Waals surface area contributed by atoms with E-state index in [-0.39, 0.29) is 23.9 Å². The summed E-state index contributed by atoms with van der Waals surface area (Å²) >= 11 is 0. The van der Waals surface area contributed by atoms with Crippen LogP contribution in [0.25, 0.3) is 0 Å². The van der Waals surface area contributed by atoms with Crippen molar-refractivity contribution in [2.75, 3.05) is 13.1 Å². The van der Waals surface area contributed by atoms with Gasteiger partial charge in [-0.15, -0.1) is 0 Å². The fourth-order valence-electron chi connectivity index (χ4n) is 2.72. The Balaban J connectivity index is 1.68. The quantitative estimate of drug-likeness (QED) is 0.852. The van der Waals surface area contributed by atoms with Crippen molar-refractivity contribution < 1.29 is 14.4 Å². The van der Waals surface area contributed by atoms with Gasteiger partial charge < -0.3 is 19.5 Å². The van der Waals surface area contributed by atoms with Crippen molar-refractivity contribution in [2.45, 2.75) is 19.4 Å². The van der Waals surface area contributed by atoms with Gasteiger partial charge in [0, 0.05) is 43.8 Å². The molecule has 0 bridgehead atoms. The highest BCUT2D eigenvalue weighted by molar-refractivity contribution is 5.94. The molecule has 2 aromatic rings. The average Bonchev–Trinajstić information content (AvgIpc) is 3.06. The highest BCUT2D eigenvalue weighted by atomic mass is 16.5. The minimum atomic E-state index is -0.600. The normalized spacial score (nSPS) is 21.3. The number of amides is 1. The van der Waals surface area contributed by atoms with Crippen LogP contribution in [0.3, 0.4) is 0 Å². The minimum absolute atomic E-state index is 0.0842. The van der Waals surface area contributed by atoms with Crippen LogP contribution in [0, 0.1) is 12.8 Å². The van der Waals surface area contributed by atoms with Gasteiger partial charge in [0.2, 0.25) is 5.56 Å². The second-order valence-electron chi connectivity index (χ2n) is 5.62. The Hall–Kier alpha value is -2.41. The lowest BCUT2D eigenvalue weighted by Crippen LogP contribution is -2.30. The summed E-state index contributed by atoms with van der Waals surface area (Å²) in [6.07, 6.45) is 1.33. The first-order chi connectivity index (χ1) is 10.5. The molecule has 0 spiro atoms. The van der Waals surface area contributed by atoms with E-state index < -0.39 is 6.10 Å². The van der Waals surface area contributed by atoms with E-state index in [1.54, 1.807) is 4.90 Å². The first kappa shape index (κ1) is 14.5. The number of β-amino-alcohol motifs (C(OH)–C–C–N with tert-alkyl or cyclic N) is 1. The zero-order valence-electron chi connectivity index (χ0n) is 12.2. The largest absolute Gasteiger partial charge is 0.391 e. The molecule has 116 valence electrons. The Morgan fingerprint density at radius 1 is 1.50 bits per heavy atom. The maximum Gasteiger partial charge on any atom is 0.255 e. The molecule has 1 saturated heterocycles. The van der Waals surface area contributed by atoms with Crippen molar-refractivity contribution in [3.63, 3.8) is 0 Å². The lowest BCUT2D eigenvalue weighted by atomic mass is 10.0. The molecule has 0 aliphatic carbocycles. The van der Waals surface area contributed by atoms with Crippen molar-refractivity contribution >= 4 is 5.91 Å². The molecule has 2 aromatic heterocycles. The molecule has 7 heteroatoms. The second kappa shape index (κ2) is 5.76. The van der Waals surface area contributed by atoms with Gasteiger partial charge in [-0.2, -0.15) is 0 Å². The van der Waals surface area contributed by atoms with E-state index in [4.69, 9.17) is 4.52 Å². The maximum absolute atomic E-state index is 12.4. The lowest BCUT2D eigenvalue weighted by molar-refractivity contribution is 0.0764. The number of aliphatic hydroxyl groups excluding tert-OH is 1. The predicted octanol–water partition coefficient (Wildman–Crippen LogP) is 0.347. The van der Waals surface area contributed by atoms with Crippen LogP contribution >= 0.6 is 0 Å².